The summed E-state index contributed by atoms with van der Waals surface area (Å²) in [5, 5.41) is 12.6. The van der Waals surface area contributed by atoms with Gasteiger partial charge in [-0.2, -0.15) is 5.26 Å². The number of rotatable bonds is 4. The van der Waals surface area contributed by atoms with Crippen molar-refractivity contribution in [3.8, 4) is 17.4 Å². The monoisotopic (exact) mass is 362 g/mol. The maximum absolute atomic E-state index is 12.3. The van der Waals surface area contributed by atoms with Crippen LogP contribution >= 0.6 is 11.6 Å². The SMILES string of the molecule is Cc1cccc(NC(=O)/C(C#N)=C/c2ccc(-c3ccccc3Cl)o2)c1. The molecule has 0 radical (unpaired) electrons. The van der Waals surface area contributed by atoms with Crippen molar-refractivity contribution in [2.45, 2.75) is 6.92 Å². The van der Waals surface area contributed by atoms with E-state index in [1.807, 2.05) is 49.4 Å². The quantitative estimate of drug-likeness (QED) is 0.495. The topological polar surface area (TPSA) is 66.0 Å². The number of nitrogens with one attached hydrogen (secondary N) is 1. The van der Waals surface area contributed by atoms with E-state index in [1.165, 1.54) is 6.08 Å². The highest BCUT2D eigenvalue weighted by Gasteiger charge is 2.12. The Hall–Kier alpha value is -3.29. The van der Waals surface area contributed by atoms with Crippen LogP contribution < -0.4 is 5.32 Å². The van der Waals surface area contributed by atoms with Crippen LogP contribution in [0.25, 0.3) is 17.4 Å². The van der Waals surface area contributed by atoms with E-state index in [-0.39, 0.29) is 5.57 Å². The van der Waals surface area contributed by atoms with Gasteiger partial charge >= 0.3 is 0 Å². The number of nitriles is 1. The van der Waals surface area contributed by atoms with E-state index in [1.54, 1.807) is 24.3 Å². The van der Waals surface area contributed by atoms with Crippen molar-refractivity contribution in [2.24, 2.45) is 0 Å². The average Bonchev–Trinajstić information content (AvgIpc) is 3.08. The summed E-state index contributed by atoms with van der Waals surface area (Å²) in [6.07, 6.45) is 1.41. The normalized spacial score (nSPS) is 11.0. The largest absolute Gasteiger partial charge is 0.457 e. The third-order valence-corrected chi connectivity index (χ3v) is 4.02. The summed E-state index contributed by atoms with van der Waals surface area (Å²) in [4.78, 5) is 12.3. The molecule has 26 heavy (non-hydrogen) atoms. The van der Waals surface area contributed by atoms with E-state index in [0.717, 1.165) is 11.1 Å². The van der Waals surface area contributed by atoms with Crippen LogP contribution in [-0.2, 0) is 4.79 Å². The van der Waals surface area contributed by atoms with E-state index in [9.17, 15) is 10.1 Å². The van der Waals surface area contributed by atoms with Gasteiger partial charge in [0.15, 0.2) is 0 Å². The van der Waals surface area contributed by atoms with Gasteiger partial charge in [-0.25, -0.2) is 0 Å². The molecular formula is C21H15ClN2O2. The van der Waals surface area contributed by atoms with Crippen molar-refractivity contribution in [3.05, 3.63) is 82.6 Å². The van der Waals surface area contributed by atoms with Gasteiger partial charge in [0.1, 0.15) is 23.2 Å². The van der Waals surface area contributed by atoms with Gasteiger partial charge in [-0.05, 0) is 48.9 Å². The molecule has 3 rings (SSSR count). The molecule has 0 aliphatic carbocycles. The lowest BCUT2D eigenvalue weighted by Crippen LogP contribution is -2.13. The minimum Gasteiger partial charge on any atom is -0.457 e. The van der Waals surface area contributed by atoms with E-state index >= 15 is 0 Å². The predicted octanol–water partition coefficient (Wildman–Crippen LogP) is 5.45. The predicted molar refractivity (Wildman–Crippen MR) is 103 cm³/mol. The molecule has 0 atom stereocenters. The number of furan rings is 1. The fourth-order valence-electron chi connectivity index (χ4n) is 2.45. The first kappa shape index (κ1) is 17.5. The second-order valence-electron chi connectivity index (χ2n) is 5.68. The van der Waals surface area contributed by atoms with E-state index in [0.29, 0.717) is 22.2 Å². The molecule has 3 aromatic rings. The Kier molecular flexibility index (Phi) is 5.21. The molecule has 1 aromatic heterocycles. The lowest BCUT2D eigenvalue weighted by molar-refractivity contribution is -0.112. The molecule has 1 heterocycles. The van der Waals surface area contributed by atoms with Crippen molar-refractivity contribution in [1.29, 1.82) is 5.26 Å². The zero-order valence-electron chi connectivity index (χ0n) is 14.0. The van der Waals surface area contributed by atoms with Gasteiger partial charge in [0.05, 0.1) is 5.02 Å². The van der Waals surface area contributed by atoms with Crippen molar-refractivity contribution in [3.63, 3.8) is 0 Å². The fraction of sp³-hybridized carbons (Fsp3) is 0.0476. The summed E-state index contributed by atoms with van der Waals surface area (Å²) < 4.78 is 5.71. The Morgan fingerprint density at radius 3 is 2.69 bits per heavy atom. The lowest BCUT2D eigenvalue weighted by Gasteiger charge is -2.04. The van der Waals surface area contributed by atoms with Gasteiger partial charge in [0.25, 0.3) is 5.91 Å². The van der Waals surface area contributed by atoms with Crippen LogP contribution in [0.2, 0.25) is 5.02 Å². The number of anilines is 1. The highest BCUT2D eigenvalue weighted by atomic mass is 35.5. The summed E-state index contributed by atoms with van der Waals surface area (Å²) in [7, 11) is 0. The third-order valence-electron chi connectivity index (χ3n) is 3.69. The molecule has 1 amide bonds. The molecule has 0 saturated heterocycles. The van der Waals surface area contributed by atoms with Crippen LogP contribution in [0, 0.1) is 18.3 Å². The lowest BCUT2D eigenvalue weighted by atomic mass is 10.2. The van der Waals surface area contributed by atoms with E-state index < -0.39 is 5.91 Å². The van der Waals surface area contributed by atoms with Gasteiger partial charge in [-0.3, -0.25) is 4.79 Å². The van der Waals surface area contributed by atoms with Crippen LogP contribution in [0.4, 0.5) is 5.69 Å². The fourth-order valence-corrected chi connectivity index (χ4v) is 2.68. The smallest absolute Gasteiger partial charge is 0.266 e. The van der Waals surface area contributed by atoms with Crippen molar-refractivity contribution in [2.75, 3.05) is 5.32 Å². The number of benzene rings is 2. The number of carbonyl (C=O) groups is 1. The summed E-state index contributed by atoms with van der Waals surface area (Å²) in [6.45, 7) is 1.93. The highest BCUT2D eigenvalue weighted by molar-refractivity contribution is 6.33. The summed E-state index contributed by atoms with van der Waals surface area (Å²) in [6, 6.07) is 20.0. The molecule has 5 heteroatoms. The average molecular weight is 363 g/mol. The number of amides is 1. The first-order valence-corrected chi connectivity index (χ1v) is 8.29. The number of aryl methyl sites for hydroxylation is 1. The Balaban J connectivity index is 1.82. The third kappa shape index (κ3) is 4.02. The number of nitrogens with zero attached hydrogens (tertiary/aromatic N) is 1. The summed E-state index contributed by atoms with van der Waals surface area (Å²) >= 11 is 6.16. The van der Waals surface area contributed by atoms with Gasteiger partial charge in [-0.1, -0.05) is 35.9 Å². The highest BCUT2D eigenvalue weighted by Crippen LogP contribution is 2.29. The molecule has 0 aliphatic rings. The van der Waals surface area contributed by atoms with E-state index in [2.05, 4.69) is 5.32 Å². The molecule has 0 fully saturated rings. The van der Waals surface area contributed by atoms with Crippen LogP contribution in [0.15, 0.2) is 70.7 Å². The second kappa shape index (κ2) is 7.73. The maximum atomic E-state index is 12.3. The summed E-state index contributed by atoms with van der Waals surface area (Å²) in [5.41, 5.74) is 2.34. The minimum absolute atomic E-state index is 0.0495. The minimum atomic E-state index is -0.492. The van der Waals surface area contributed by atoms with Crippen molar-refractivity contribution < 1.29 is 9.21 Å². The zero-order valence-corrected chi connectivity index (χ0v) is 14.7. The van der Waals surface area contributed by atoms with Crippen molar-refractivity contribution in [1.82, 2.24) is 0 Å². The number of carbonyl (C=O) groups excluding carboxylic acids is 1. The molecular weight excluding hydrogens is 348 g/mol. The molecule has 0 unspecified atom stereocenters. The Morgan fingerprint density at radius 2 is 1.96 bits per heavy atom. The van der Waals surface area contributed by atoms with Gasteiger partial charge in [0.2, 0.25) is 0 Å². The first-order valence-electron chi connectivity index (χ1n) is 7.91. The van der Waals surface area contributed by atoms with Gasteiger partial charge < -0.3 is 9.73 Å². The van der Waals surface area contributed by atoms with Crippen LogP contribution in [0.1, 0.15) is 11.3 Å². The molecule has 0 aliphatic heterocycles. The molecule has 0 saturated carbocycles. The molecule has 128 valence electrons. The van der Waals surface area contributed by atoms with Crippen molar-refractivity contribution >= 4 is 29.3 Å². The first-order chi connectivity index (χ1) is 12.6. The molecule has 0 spiro atoms. The Labute approximate surface area is 156 Å². The second-order valence-corrected chi connectivity index (χ2v) is 6.08. The number of halogens is 1. The Morgan fingerprint density at radius 1 is 1.15 bits per heavy atom. The molecule has 2 aromatic carbocycles. The van der Waals surface area contributed by atoms with Crippen LogP contribution in [-0.4, -0.2) is 5.91 Å². The van der Waals surface area contributed by atoms with Crippen LogP contribution in [0.5, 0.6) is 0 Å². The molecule has 4 nitrogen and oxygen atoms in total. The Bertz CT molecular complexity index is 1030. The van der Waals surface area contributed by atoms with Crippen LogP contribution in [0.3, 0.4) is 0 Å². The maximum Gasteiger partial charge on any atom is 0.266 e. The standard InChI is InChI=1S/C21H15ClN2O2/c1-14-5-4-6-16(11-14)24-21(25)15(13-23)12-17-9-10-20(26-17)18-7-2-3-8-19(18)22/h2-12H,1H3,(H,24,25)/b15-12+. The summed E-state index contributed by atoms with van der Waals surface area (Å²) in [5.74, 6) is 0.475. The molecule has 1 N–H and O–H groups in total. The van der Waals surface area contributed by atoms with Gasteiger partial charge in [-0.15, -0.1) is 0 Å². The molecule has 0 bridgehead atoms. The zero-order chi connectivity index (χ0) is 18.5. The number of hydrogen-bond donors (Lipinski definition) is 1. The van der Waals surface area contributed by atoms with Gasteiger partial charge in [0, 0.05) is 17.3 Å². The number of hydrogen-bond acceptors (Lipinski definition) is 3. The van der Waals surface area contributed by atoms with E-state index in [4.69, 9.17) is 16.0 Å².